The van der Waals surface area contributed by atoms with Crippen LogP contribution in [0.1, 0.15) is 54.6 Å². The highest BCUT2D eigenvalue weighted by molar-refractivity contribution is 5.94. The van der Waals surface area contributed by atoms with Gasteiger partial charge in [-0.15, -0.1) is 0 Å². The molecule has 0 spiro atoms. The summed E-state index contributed by atoms with van der Waals surface area (Å²) in [6.07, 6.45) is 0.998. The fourth-order valence-electron chi connectivity index (χ4n) is 3.04. The highest BCUT2D eigenvalue weighted by Crippen LogP contribution is 2.21. The van der Waals surface area contributed by atoms with Crippen molar-refractivity contribution in [2.75, 3.05) is 26.7 Å². The number of aliphatic imine (C=N–C) groups is 1. The zero-order valence-electron chi connectivity index (χ0n) is 18.5. The van der Waals surface area contributed by atoms with Crippen molar-refractivity contribution in [1.82, 2.24) is 16.0 Å². The van der Waals surface area contributed by atoms with Crippen molar-refractivity contribution in [3.63, 3.8) is 0 Å². The quantitative estimate of drug-likeness (QED) is 0.412. The molecule has 2 rings (SSSR count). The first-order valence-corrected chi connectivity index (χ1v) is 10.6. The summed E-state index contributed by atoms with van der Waals surface area (Å²) in [6, 6.07) is 15.8. The van der Waals surface area contributed by atoms with Crippen molar-refractivity contribution in [2.24, 2.45) is 4.99 Å². The van der Waals surface area contributed by atoms with E-state index in [1.54, 1.807) is 7.11 Å². The first kappa shape index (κ1) is 23.3. The molecular weight excluding hydrogens is 376 g/mol. The summed E-state index contributed by atoms with van der Waals surface area (Å²) in [4.78, 5) is 16.5. The third-order valence-electron chi connectivity index (χ3n) is 4.87. The van der Waals surface area contributed by atoms with E-state index in [9.17, 15) is 4.79 Å². The lowest BCUT2D eigenvalue weighted by molar-refractivity contribution is 0.0956. The molecule has 0 saturated carbocycles. The molecule has 6 heteroatoms. The van der Waals surface area contributed by atoms with Gasteiger partial charge in [-0.05, 0) is 61.6 Å². The molecule has 0 saturated heterocycles. The van der Waals surface area contributed by atoms with Gasteiger partial charge in [-0.2, -0.15) is 0 Å². The number of nitrogens with zero attached hydrogens (tertiary/aromatic N) is 1. The van der Waals surface area contributed by atoms with Crippen LogP contribution >= 0.6 is 0 Å². The van der Waals surface area contributed by atoms with Crippen LogP contribution in [0.2, 0.25) is 0 Å². The Morgan fingerprint density at radius 3 is 2.23 bits per heavy atom. The minimum atomic E-state index is -0.0477. The van der Waals surface area contributed by atoms with Crippen LogP contribution in [-0.2, 0) is 6.54 Å². The van der Waals surface area contributed by atoms with E-state index in [1.165, 1.54) is 5.56 Å². The number of amides is 1. The van der Waals surface area contributed by atoms with Gasteiger partial charge < -0.3 is 20.7 Å². The Balaban J connectivity index is 1.86. The van der Waals surface area contributed by atoms with E-state index in [2.05, 4.69) is 46.9 Å². The van der Waals surface area contributed by atoms with Crippen molar-refractivity contribution in [3.05, 3.63) is 65.2 Å². The van der Waals surface area contributed by atoms with Gasteiger partial charge in [0.15, 0.2) is 5.96 Å². The van der Waals surface area contributed by atoms with Crippen LogP contribution in [-0.4, -0.2) is 38.6 Å². The molecule has 0 aromatic heterocycles. The van der Waals surface area contributed by atoms with Crippen molar-refractivity contribution in [3.8, 4) is 5.75 Å². The third kappa shape index (κ3) is 7.43. The third-order valence-corrected chi connectivity index (χ3v) is 4.87. The van der Waals surface area contributed by atoms with Gasteiger partial charge in [-0.1, -0.05) is 31.2 Å². The fraction of sp³-hybridized carbons (Fsp3) is 0.417. The van der Waals surface area contributed by atoms with Gasteiger partial charge >= 0.3 is 0 Å². The van der Waals surface area contributed by atoms with Crippen molar-refractivity contribution in [2.45, 2.75) is 39.7 Å². The van der Waals surface area contributed by atoms with E-state index in [1.807, 2.05) is 43.3 Å². The Labute approximate surface area is 180 Å². The number of rotatable bonds is 10. The monoisotopic (exact) mass is 410 g/mol. The molecule has 0 radical (unpaired) electrons. The van der Waals surface area contributed by atoms with E-state index >= 15 is 0 Å². The van der Waals surface area contributed by atoms with E-state index < -0.39 is 0 Å². The Bertz CT molecular complexity index is 801. The van der Waals surface area contributed by atoms with Crippen molar-refractivity contribution in [1.29, 1.82) is 0 Å². The van der Waals surface area contributed by atoms with Gasteiger partial charge in [-0.25, -0.2) is 4.99 Å². The Morgan fingerprint density at radius 1 is 0.967 bits per heavy atom. The number of hydrogen-bond acceptors (Lipinski definition) is 3. The number of ether oxygens (including phenoxy) is 1. The molecule has 0 bridgehead atoms. The number of carbonyl (C=O) groups excluding carboxylic acids is 1. The summed E-state index contributed by atoms with van der Waals surface area (Å²) in [5.74, 6) is 2.07. The van der Waals surface area contributed by atoms with E-state index in [0.29, 0.717) is 24.6 Å². The summed E-state index contributed by atoms with van der Waals surface area (Å²) in [6.45, 7) is 9.00. The maximum absolute atomic E-state index is 11.9. The Kier molecular flexibility index (Phi) is 9.71. The molecule has 0 aliphatic heterocycles. The predicted octanol–water partition coefficient (Wildman–Crippen LogP) is 3.69. The second-order valence-electron chi connectivity index (χ2n) is 7.14. The molecule has 2 aromatic rings. The van der Waals surface area contributed by atoms with Crippen LogP contribution < -0.4 is 20.7 Å². The van der Waals surface area contributed by atoms with Crippen LogP contribution in [0.5, 0.6) is 5.75 Å². The highest BCUT2D eigenvalue weighted by Gasteiger charge is 2.07. The van der Waals surface area contributed by atoms with Gasteiger partial charge in [0.05, 0.1) is 13.7 Å². The molecule has 6 nitrogen and oxygen atoms in total. The number of benzene rings is 2. The van der Waals surface area contributed by atoms with E-state index in [0.717, 1.165) is 36.8 Å². The number of methoxy groups -OCH3 is 1. The average Bonchev–Trinajstić information content (AvgIpc) is 2.78. The number of hydrogen-bond donors (Lipinski definition) is 3. The normalized spacial score (nSPS) is 12.2. The second-order valence-corrected chi connectivity index (χ2v) is 7.14. The molecule has 30 heavy (non-hydrogen) atoms. The standard InChI is InChI=1S/C24H34N4O2/c1-5-25-23(29)21-9-7-19(8-10-21)17-28-24(26-6-2)27-16-15-18(3)20-11-13-22(30-4)14-12-20/h7-14,18H,5-6,15-17H2,1-4H3,(H,25,29)(H2,26,27,28). The van der Waals surface area contributed by atoms with Gasteiger partial charge in [0.25, 0.3) is 5.91 Å². The highest BCUT2D eigenvalue weighted by atomic mass is 16.5. The smallest absolute Gasteiger partial charge is 0.251 e. The summed E-state index contributed by atoms with van der Waals surface area (Å²) in [5, 5.41) is 9.50. The van der Waals surface area contributed by atoms with Gasteiger partial charge in [0, 0.05) is 25.2 Å². The number of carbonyl (C=O) groups is 1. The lowest BCUT2D eigenvalue weighted by Gasteiger charge is -2.15. The van der Waals surface area contributed by atoms with Crippen molar-refractivity contribution >= 4 is 11.9 Å². The molecule has 0 aliphatic carbocycles. The number of guanidine groups is 1. The SMILES string of the molecule is CCNC(=O)c1ccc(CN=C(NCC)NCCC(C)c2ccc(OC)cc2)cc1. The molecule has 3 N–H and O–H groups in total. The van der Waals surface area contributed by atoms with Gasteiger partial charge in [0.1, 0.15) is 5.75 Å². The molecule has 0 aliphatic rings. The fourth-order valence-corrected chi connectivity index (χ4v) is 3.04. The summed E-state index contributed by atoms with van der Waals surface area (Å²) < 4.78 is 5.22. The zero-order valence-corrected chi connectivity index (χ0v) is 18.5. The Hall–Kier alpha value is -3.02. The van der Waals surface area contributed by atoms with Gasteiger partial charge in [-0.3, -0.25) is 4.79 Å². The second kappa shape index (κ2) is 12.5. The summed E-state index contributed by atoms with van der Waals surface area (Å²) >= 11 is 0. The maximum atomic E-state index is 11.9. The maximum Gasteiger partial charge on any atom is 0.251 e. The average molecular weight is 411 g/mol. The molecule has 1 amide bonds. The topological polar surface area (TPSA) is 74.8 Å². The lowest BCUT2D eigenvalue weighted by atomic mass is 9.98. The van der Waals surface area contributed by atoms with Crippen molar-refractivity contribution < 1.29 is 9.53 Å². The van der Waals surface area contributed by atoms with Crippen LogP contribution in [0.15, 0.2) is 53.5 Å². The minimum Gasteiger partial charge on any atom is -0.497 e. The molecule has 2 aromatic carbocycles. The van der Waals surface area contributed by atoms with Gasteiger partial charge in [0.2, 0.25) is 0 Å². The van der Waals surface area contributed by atoms with Crippen LogP contribution in [0, 0.1) is 0 Å². The molecule has 1 atom stereocenters. The first-order chi connectivity index (χ1) is 14.6. The zero-order chi connectivity index (χ0) is 21.8. The predicted molar refractivity (Wildman–Crippen MR) is 123 cm³/mol. The minimum absolute atomic E-state index is 0.0477. The van der Waals surface area contributed by atoms with E-state index in [-0.39, 0.29) is 5.91 Å². The summed E-state index contributed by atoms with van der Waals surface area (Å²) in [7, 11) is 1.68. The summed E-state index contributed by atoms with van der Waals surface area (Å²) in [5.41, 5.74) is 3.03. The molecule has 162 valence electrons. The molecular formula is C24H34N4O2. The largest absolute Gasteiger partial charge is 0.497 e. The first-order valence-electron chi connectivity index (χ1n) is 10.6. The molecule has 1 unspecified atom stereocenters. The van der Waals surface area contributed by atoms with Crippen LogP contribution in [0.4, 0.5) is 0 Å². The lowest BCUT2D eigenvalue weighted by Crippen LogP contribution is -2.38. The molecule has 0 heterocycles. The van der Waals surface area contributed by atoms with E-state index in [4.69, 9.17) is 4.74 Å². The van der Waals surface area contributed by atoms with Crippen LogP contribution in [0.3, 0.4) is 0 Å². The Morgan fingerprint density at radius 2 is 1.63 bits per heavy atom. The molecule has 0 fully saturated rings. The van der Waals surface area contributed by atoms with Crippen LogP contribution in [0.25, 0.3) is 0 Å². The number of nitrogens with one attached hydrogen (secondary N) is 3.